The monoisotopic (exact) mass is 174 g/mol. The van der Waals surface area contributed by atoms with E-state index in [1.165, 1.54) is 0 Å². The van der Waals surface area contributed by atoms with Gasteiger partial charge in [-0.2, -0.15) is 5.26 Å². The average Bonchev–Trinajstić information content (AvgIpc) is 2.50. The minimum atomic E-state index is -0.0403. The van der Waals surface area contributed by atoms with Crippen molar-refractivity contribution in [1.82, 2.24) is 0 Å². The topological polar surface area (TPSA) is 59.0 Å². The van der Waals surface area contributed by atoms with Crippen molar-refractivity contribution in [3.05, 3.63) is 28.8 Å². The van der Waals surface area contributed by atoms with Crippen LogP contribution in [-0.4, -0.2) is 6.61 Å². The van der Waals surface area contributed by atoms with E-state index in [9.17, 15) is 0 Å². The normalized spacial score (nSPS) is 19.0. The molecule has 0 fully saturated rings. The second-order valence-electron chi connectivity index (χ2n) is 3.19. The van der Waals surface area contributed by atoms with Gasteiger partial charge in [-0.1, -0.05) is 6.07 Å². The number of nitrogens with zero attached hydrogens (tertiary/aromatic N) is 1. The van der Waals surface area contributed by atoms with Crippen LogP contribution in [-0.2, 0) is 0 Å². The maximum absolute atomic E-state index is 8.78. The highest BCUT2D eigenvalue weighted by Crippen LogP contribution is 2.35. The fourth-order valence-corrected chi connectivity index (χ4v) is 1.58. The third kappa shape index (κ3) is 1.07. The molecule has 0 amide bonds. The number of benzene rings is 1. The molecule has 1 aliphatic heterocycles. The highest BCUT2D eigenvalue weighted by molar-refractivity contribution is 5.53. The van der Waals surface area contributed by atoms with E-state index in [0.717, 1.165) is 16.9 Å². The molecule has 66 valence electrons. The van der Waals surface area contributed by atoms with E-state index in [2.05, 4.69) is 6.07 Å². The van der Waals surface area contributed by atoms with Crippen molar-refractivity contribution in [3.63, 3.8) is 0 Å². The van der Waals surface area contributed by atoms with Crippen LogP contribution in [0.4, 0.5) is 0 Å². The molecule has 1 unspecified atom stereocenters. The van der Waals surface area contributed by atoms with Gasteiger partial charge >= 0.3 is 0 Å². The summed E-state index contributed by atoms with van der Waals surface area (Å²) in [6.07, 6.45) is 0. The first kappa shape index (κ1) is 8.09. The number of nitriles is 1. The first-order valence-electron chi connectivity index (χ1n) is 4.16. The van der Waals surface area contributed by atoms with Crippen LogP contribution in [0.3, 0.4) is 0 Å². The summed E-state index contributed by atoms with van der Waals surface area (Å²) < 4.78 is 5.41. The number of ether oxygens (including phenoxy) is 1. The molecule has 3 heteroatoms. The summed E-state index contributed by atoms with van der Waals surface area (Å²) in [5.74, 6) is 0.798. The standard InChI is InChI=1S/C10H10N2O/c1-6-7(4-11)2-3-8-9(12)5-13-10(6)8/h2-3,9H,5,12H2,1H3. The highest BCUT2D eigenvalue weighted by Gasteiger charge is 2.23. The van der Waals surface area contributed by atoms with Gasteiger partial charge in [0.1, 0.15) is 12.4 Å². The summed E-state index contributed by atoms with van der Waals surface area (Å²) in [6.45, 7) is 2.40. The molecule has 1 aromatic rings. The zero-order valence-corrected chi connectivity index (χ0v) is 7.37. The van der Waals surface area contributed by atoms with E-state index < -0.39 is 0 Å². The molecular formula is C10H10N2O. The molecule has 1 aliphatic rings. The Morgan fingerprint density at radius 2 is 2.38 bits per heavy atom. The van der Waals surface area contributed by atoms with Crippen molar-refractivity contribution in [2.24, 2.45) is 5.73 Å². The highest BCUT2D eigenvalue weighted by atomic mass is 16.5. The van der Waals surface area contributed by atoms with E-state index in [1.807, 2.05) is 13.0 Å². The lowest BCUT2D eigenvalue weighted by Crippen LogP contribution is -2.10. The molecule has 0 saturated heterocycles. The van der Waals surface area contributed by atoms with E-state index in [0.29, 0.717) is 12.2 Å². The number of rotatable bonds is 0. The van der Waals surface area contributed by atoms with Gasteiger partial charge in [0.2, 0.25) is 0 Å². The first-order chi connectivity index (χ1) is 6.24. The first-order valence-corrected chi connectivity index (χ1v) is 4.16. The summed E-state index contributed by atoms with van der Waals surface area (Å²) in [5, 5.41) is 8.78. The Morgan fingerprint density at radius 3 is 3.08 bits per heavy atom. The maximum Gasteiger partial charge on any atom is 0.128 e. The van der Waals surface area contributed by atoms with Crippen LogP contribution in [0.25, 0.3) is 0 Å². The summed E-state index contributed by atoms with van der Waals surface area (Å²) in [5.41, 5.74) is 8.37. The Morgan fingerprint density at radius 1 is 1.62 bits per heavy atom. The SMILES string of the molecule is Cc1c(C#N)ccc2c1OCC2N. The van der Waals surface area contributed by atoms with Crippen LogP contribution in [0.1, 0.15) is 22.7 Å². The Bertz CT molecular complexity index is 393. The van der Waals surface area contributed by atoms with Gasteiger partial charge in [0.25, 0.3) is 0 Å². The summed E-state index contributed by atoms with van der Waals surface area (Å²) in [6, 6.07) is 5.75. The molecule has 2 rings (SSSR count). The molecule has 0 saturated carbocycles. The van der Waals surface area contributed by atoms with Crippen molar-refractivity contribution in [2.75, 3.05) is 6.61 Å². The number of hydrogen-bond acceptors (Lipinski definition) is 3. The summed E-state index contributed by atoms with van der Waals surface area (Å²) in [7, 11) is 0. The van der Waals surface area contributed by atoms with Gasteiger partial charge in [-0.3, -0.25) is 0 Å². The van der Waals surface area contributed by atoms with Gasteiger partial charge in [0.15, 0.2) is 0 Å². The zero-order chi connectivity index (χ0) is 9.42. The lowest BCUT2D eigenvalue weighted by molar-refractivity contribution is 0.331. The molecule has 0 spiro atoms. The predicted octanol–water partition coefficient (Wildman–Crippen LogP) is 1.26. The molecule has 13 heavy (non-hydrogen) atoms. The summed E-state index contributed by atoms with van der Waals surface area (Å²) in [4.78, 5) is 0. The summed E-state index contributed by atoms with van der Waals surface area (Å²) >= 11 is 0. The predicted molar refractivity (Wildman–Crippen MR) is 48.3 cm³/mol. The van der Waals surface area contributed by atoms with Gasteiger partial charge in [0, 0.05) is 11.1 Å². The largest absolute Gasteiger partial charge is 0.491 e. The molecule has 0 radical (unpaired) electrons. The third-order valence-electron chi connectivity index (χ3n) is 2.36. The van der Waals surface area contributed by atoms with Gasteiger partial charge in [-0.05, 0) is 13.0 Å². The van der Waals surface area contributed by atoms with Crippen LogP contribution in [0.15, 0.2) is 12.1 Å². The van der Waals surface area contributed by atoms with Crippen molar-refractivity contribution < 1.29 is 4.74 Å². The molecule has 0 bridgehead atoms. The van der Waals surface area contributed by atoms with Crippen molar-refractivity contribution in [1.29, 1.82) is 5.26 Å². The van der Waals surface area contributed by atoms with Crippen LogP contribution < -0.4 is 10.5 Å². The van der Waals surface area contributed by atoms with Crippen LogP contribution in [0, 0.1) is 18.3 Å². The molecule has 1 aromatic carbocycles. The Labute approximate surface area is 76.7 Å². The second kappa shape index (κ2) is 2.75. The van der Waals surface area contributed by atoms with E-state index >= 15 is 0 Å². The molecule has 0 aliphatic carbocycles. The molecule has 0 aromatic heterocycles. The fraction of sp³-hybridized carbons (Fsp3) is 0.300. The van der Waals surface area contributed by atoms with Gasteiger partial charge < -0.3 is 10.5 Å². The van der Waals surface area contributed by atoms with Gasteiger partial charge in [0.05, 0.1) is 17.7 Å². The Hall–Kier alpha value is -1.53. The quantitative estimate of drug-likeness (QED) is 0.644. The Balaban J connectivity index is 2.62. The molecule has 1 heterocycles. The van der Waals surface area contributed by atoms with Crippen LogP contribution in [0.5, 0.6) is 5.75 Å². The number of fused-ring (bicyclic) bond motifs is 1. The minimum Gasteiger partial charge on any atom is -0.491 e. The Kier molecular flexibility index (Phi) is 1.71. The number of hydrogen-bond donors (Lipinski definition) is 1. The van der Waals surface area contributed by atoms with Crippen LogP contribution >= 0.6 is 0 Å². The van der Waals surface area contributed by atoms with Crippen molar-refractivity contribution in [2.45, 2.75) is 13.0 Å². The lowest BCUT2D eigenvalue weighted by atomic mass is 10.0. The van der Waals surface area contributed by atoms with Gasteiger partial charge in [-0.25, -0.2) is 0 Å². The smallest absolute Gasteiger partial charge is 0.128 e. The number of nitrogens with two attached hydrogens (primary N) is 1. The van der Waals surface area contributed by atoms with E-state index in [-0.39, 0.29) is 6.04 Å². The van der Waals surface area contributed by atoms with Crippen molar-refractivity contribution in [3.8, 4) is 11.8 Å². The van der Waals surface area contributed by atoms with E-state index in [1.54, 1.807) is 6.07 Å². The maximum atomic E-state index is 8.78. The zero-order valence-electron chi connectivity index (χ0n) is 7.37. The fourth-order valence-electron chi connectivity index (χ4n) is 1.58. The third-order valence-corrected chi connectivity index (χ3v) is 2.36. The molecule has 1 atom stereocenters. The second-order valence-corrected chi connectivity index (χ2v) is 3.19. The molecular weight excluding hydrogens is 164 g/mol. The lowest BCUT2D eigenvalue weighted by Gasteiger charge is -2.04. The van der Waals surface area contributed by atoms with Crippen molar-refractivity contribution >= 4 is 0 Å². The van der Waals surface area contributed by atoms with Crippen LogP contribution in [0.2, 0.25) is 0 Å². The molecule has 2 N–H and O–H groups in total. The molecule has 3 nitrogen and oxygen atoms in total. The van der Waals surface area contributed by atoms with Gasteiger partial charge in [-0.15, -0.1) is 0 Å². The minimum absolute atomic E-state index is 0.0403. The average molecular weight is 174 g/mol. The van der Waals surface area contributed by atoms with E-state index in [4.69, 9.17) is 15.7 Å².